The third-order valence-corrected chi connectivity index (χ3v) is 5.90. The SMILES string of the molecule is CC(=O)Nc1ccc(SC(C)C(=O)NCc2cccc(NC(=O)Nc3cccc(C)c3)c2)cc1. The Morgan fingerprint density at radius 3 is 2.12 bits per heavy atom. The summed E-state index contributed by atoms with van der Waals surface area (Å²) in [6, 6.07) is 21.9. The minimum absolute atomic E-state index is 0.0912. The van der Waals surface area contributed by atoms with Crippen molar-refractivity contribution in [2.75, 3.05) is 16.0 Å². The second kappa shape index (κ2) is 11.9. The molecule has 0 saturated heterocycles. The van der Waals surface area contributed by atoms with Gasteiger partial charge >= 0.3 is 6.03 Å². The topological polar surface area (TPSA) is 99.3 Å². The zero-order chi connectivity index (χ0) is 24.5. The summed E-state index contributed by atoms with van der Waals surface area (Å²) in [7, 11) is 0. The molecule has 8 heteroatoms. The number of anilines is 3. The van der Waals surface area contributed by atoms with E-state index in [0.29, 0.717) is 12.2 Å². The van der Waals surface area contributed by atoms with Crippen molar-refractivity contribution in [2.24, 2.45) is 0 Å². The van der Waals surface area contributed by atoms with Gasteiger partial charge in [0.15, 0.2) is 0 Å². The smallest absolute Gasteiger partial charge is 0.323 e. The summed E-state index contributed by atoms with van der Waals surface area (Å²) in [6.45, 7) is 5.61. The number of nitrogens with one attached hydrogen (secondary N) is 4. The second-order valence-corrected chi connectivity index (χ2v) is 9.25. The molecule has 0 bridgehead atoms. The summed E-state index contributed by atoms with van der Waals surface area (Å²) in [4.78, 5) is 36.9. The van der Waals surface area contributed by atoms with Gasteiger partial charge in [0.25, 0.3) is 0 Å². The molecule has 0 aliphatic carbocycles. The highest BCUT2D eigenvalue weighted by Gasteiger charge is 2.14. The van der Waals surface area contributed by atoms with Gasteiger partial charge in [0.05, 0.1) is 5.25 Å². The quantitative estimate of drug-likeness (QED) is 0.327. The number of benzene rings is 3. The van der Waals surface area contributed by atoms with Gasteiger partial charge in [0, 0.05) is 35.4 Å². The molecule has 3 rings (SSSR count). The van der Waals surface area contributed by atoms with Crippen molar-refractivity contribution in [3.05, 3.63) is 83.9 Å². The van der Waals surface area contributed by atoms with E-state index in [1.807, 2.05) is 80.6 Å². The largest absolute Gasteiger partial charge is 0.351 e. The first kappa shape index (κ1) is 24.9. The molecule has 3 aromatic rings. The van der Waals surface area contributed by atoms with Gasteiger partial charge < -0.3 is 21.3 Å². The molecular formula is C26H28N4O3S. The zero-order valence-corrected chi connectivity index (χ0v) is 20.2. The van der Waals surface area contributed by atoms with E-state index < -0.39 is 0 Å². The summed E-state index contributed by atoms with van der Waals surface area (Å²) in [5, 5.41) is 11.0. The summed E-state index contributed by atoms with van der Waals surface area (Å²) < 4.78 is 0. The minimum atomic E-state index is -0.332. The average Bonchev–Trinajstić information content (AvgIpc) is 2.78. The van der Waals surface area contributed by atoms with Crippen LogP contribution in [0.2, 0.25) is 0 Å². The monoisotopic (exact) mass is 476 g/mol. The van der Waals surface area contributed by atoms with E-state index in [1.165, 1.54) is 18.7 Å². The Hall–Kier alpha value is -3.78. The fourth-order valence-corrected chi connectivity index (χ4v) is 4.08. The highest BCUT2D eigenvalue weighted by Crippen LogP contribution is 2.25. The van der Waals surface area contributed by atoms with Crippen LogP contribution in [0.25, 0.3) is 0 Å². The number of hydrogen-bond acceptors (Lipinski definition) is 4. The van der Waals surface area contributed by atoms with Gasteiger partial charge in [0.2, 0.25) is 11.8 Å². The summed E-state index contributed by atoms with van der Waals surface area (Å²) >= 11 is 1.44. The maximum Gasteiger partial charge on any atom is 0.323 e. The molecule has 0 fully saturated rings. The Kier molecular flexibility index (Phi) is 8.70. The van der Waals surface area contributed by atoms with Gasteiger partial charge in [0.1, 0.15) is 0 Å². The summed E-state index contributed by atoms with van der Waals surface area (Å²) in [5.74, 6) is -0.217. The van der Waals surface area contributed by atoms with E-state index in [-0.39, 0.29) is 23.1 Å². The van der Waals surface area contributed by atoms with Crippen LogP contribution in [0.1, 0.15) is 25.0 Å². The van der Waals surface area contributed by atoms with Gasteiger partial charge in [-0.3, -0.25) is 9.59 Å². The number of urea groups is 1. The number of amides is 4. The predicted molar refractivity (Wildman–Crippen MR) is 138 cm³/mol. The Bertz CT molecular complexity index is 1160. The Morgan fingerprint density at radius 2 is 1.47 bits per heavy atom. The van der Waals surface area contributed by atoms with E-state index in [2.05, 4.69) is 21.3 Å². The normalized spacial score (nSPS) is 11.3. The molecule has 1 atom stereocenters. The molecule has 0 aromatic heterocycles. The lowest BCUT2D eigenvalue weighted by molar-refractivity contribution is -0.120. The Labute approximate surface area is 203 Å². The molecule has 0 spiro atoms. The third kappa shape index (κ3) is 7.97. The maximum atomic E-state index is 12.6. The van der Waals surface area contributed by atoms with Crippen LogP contribution >= 0.6 is 11.8 Å². The van der Waals surface area contributed by atoms with Gasteiger partial charge in [-0.1, -0.05) is 24.3 Å². The first-order valence-corrected chi connectivity index (χ1v) is 11.7. The number of hydrogen-bond donors (Lipinski definition) is 4. The fourth-order valence-electron chi connectivity index (χ4n) is 3.19. The molecule has 3 aromatic carbocycles. The van der Waals surface area contributed by atoms with Crippen LogP contribution in [0.4, 0.5) is 21.9 Å². The molecule has 176 valence electrons. The van der Waals surface area contributed by atoms with Crippen LogP contribution in [0.15, 0.2) is 77.7 Å². The van der Waals surface area contributed by atoms with Crippen molar-refractivity contribution < 1.29 is 14.4 Å². The molecule has 7 nitrogen and oxygen atoms in total. The molecule has 0 radical (unpaired) electrons. The van der Waals surface area contributed by atoms with Crippen molar-refractivity contribution >= 4 is 46.7 Å². The Balaban J connectivity index is 1.49. The molecule has 4 N–H and O–H groups in total. The number of rotatable bonds is 8. The lowest BCUT2D eigenvalue weighted by Gasteiger charge is -2.13. The first-order valence-electron chi connectivity index (χ1n) is 10.8. The van der Waals surface area contributed by atoms with Crippen LogP contribution in [-0.2, 0) is 16.1 Å². The molecule has 0 heterocycles. The van der Waals surface area contributed by atoms with E-state index in [9.17, 15) is 14.4 Å². The molecule has 4 amide bonds. The summed E-state index contributed by atoms with van der Waals surface area (Å²) in [6.07, 6.45) is 0. The van der Waals surface area contributed by atoms with Crippen LogP contribution in [-0.4, -0.2) is 23.1 Å². The molecule has 34 heavy (non-hydrogen) atoms. The Morgan fingerprint density at radius 1 is 0.824 bits per heavy atom. The van der Waals surface area contributed by atoms with E-state index >= 15 is 0 Å². The predicted octanol–water partition coefficient (Wildman–Crippen LogP) is 5.39. The van der Waals surface area contributed by atoms with Crippen LogP contribution in [0, 0.1) is 6.92 Å². The highest BCUT2D eigenvalue weighted by atomic mass is 32.2. The molecular weight excluding hydrogens is 448 g/mol. The van der Waals surface area contributed by atoms with Crippen molar-refractivity contribution in [2.45, 2.75) is 37.5 Å². The highest BCUT2D eigenvalue weighted by molar-refractivity contribution is 8.00. The van der Waals surface area contributed by atoms with Crippen molar-refractivity contribution in [1.82, 2.24) is 5.32 Å². The number of carbonyl (C=O) groups excluding carboxylic acids is 3. The lowest BCUT2D eigenvalue weighted by atomic mass is 10.2. The molecule has 0 saturated carbocycles. The second-order valence-electron chi connectivity index (χ2n) is 7.83. The number of aryl methyl sites for hydroxylation is 1. The fraction of sp³-hybridized carbons (Fsp3) is 0.192. The van der Waals surface area contributed by atoms with Crippen molar-refractivity contribution in [3.63, 3.8) is 0 Å². The number of carbonyl (C=O) groups is 3. The van der Waals surface area contributed by atoms with Crippen LogP contribution < -0.4 is 21.3 Å². The summed E-state index contributed by atoms with van der Waals surface area (Å²) in [5.41, 5.74) is 4.01. The standard InChI is InChI=1S/C26H28N4O3S/c1-17-6-4-8-22(14-17)29-26(33)30-23-9-5-7-20(15-23)16-27-25(32)18(2)34-24-12-10-21(11-13-24)28-19(3)31/h4-15,18H,16H2,1-3H3,(H,27,32)(H,28,31)(H2,29,30,33). The van der Waals surface area contributed by atoms with Gasteiger partial charge in [-0.2, -0.15) is 0 Å². The van der Waals surface area contributed by atoms with Crippen LogP contribution in [0.5, 0.6) is 0 Å². The first-order chi connectivity index (χ1) is 16.3. The van der Waals surface area contributed by atoms with Crippen molar-refractivity contribution in [3.8, 4) is 0 Å². The van der Waals surface area contributed by atoms with E-state index in [4.69, 9.17) is 0 Å². The van der Waals surface area contributed by atoms with Gasteiger partial charge in [-0.25, -0.2) is 4.79 Å². The van der Waals surface area contributed by atoms with Gasteiger partial charge in [-0.05, 0) is 73.5 Å². The number of thioether (sulfide) groups is 1. The van der Waals surface area contributed by atoms with Crippen LogP contribution in [0.3, 0.4) is 0 Å². The molecule has 0 aliphatic heterocycles. The lowest BCUT2D eigenvalue weighted by Crippen LogP contribution is -2.30. The molecule has 1 unspecified atom stereocenters. The minimum Gasteiger partial charge on any atom is -0.351 e. The van der Waals surface area contributed by atoms with Gasteiger partial charge in [-0.15, -0.1) is 11.8 Å². The van der Waals surface area contributed by atoms with E-state index in [1.54, 1.807) is 6.07 Å². The maximum absolute atomic E-state index is 12.6. The third-order valence-electron chi connectivity index (χ3n) is 4.78. The van der Waals surface area contributed by atoms with Crippen molar-refractivity contribution in [1.29, 1.82) is 0 Å². The average molecular weight is 477 g/mol. The van der Waals surface area contributed by atoms with E-state index in [0.717, 1.165) is 27.4 Å². The molecule has 0 aliphatic rings. The zero-order valence-electron chi connectivity index (χ0n) is 19.3.